The molecule has 1 aliphatic heterocycles. The van der Waals surface area contributed by atoms with Crippen molar-refractivity contribution in [1.82, 2.24) is 10.2 Å². The minimum atomic E-state index is -0.230. The van der Waals surface area contributed by atoms with Gasteiger partial charge in [0, 0.05) is 26.2 Å². The Morgan fingerprint density at radius 2 is 2.09 bits per heavy atom. The summed E-state index contributed by atoms with van der Waals surface area (Å²) in [6.45, 7) is 4.31. The van der Waals surface area contributed by atoms with Crippen molar-refractivity contribution in [2.45, 2.75) is 38.8 Å². The average Bonchev–Trinajstić information content (AvgIpc) is 3.05. The number of nitrogens with one attached hydrogen (secondary N) is 1. The summed E-state index contributed by atoms with van der Waals surface area (Å²) >= 11 is 0. The van der Waals surface area contributed by atoms with E-state index in [-0.39, 0.29) is 24.3 Å². The van der Waals surface area contributed by atoms with Crippen LogP contribution < -0.4 is 5.32 Å². The van der Waals surface area contributed by atoms with Gasteiger partial charge in [-0.3, -0.25) is 9.59 Å². The van der Waals surface area contributed by atoms with Crippen LogP contribution >= 0.6 is 0 Å². The molecule has 0 aliphatic carbocycles. The second-order valence-corrected chi connectivity index (χ2v) is 5.51. The normalized spacial score (nSPS) is 17.2. The van der Waals surface area contributed by atoms with E-state index >= 15 is 0 Å². The van der Waals surface area contributed by atoms with Crippen LogP contribution in [0.1, 0.15) is 31.7 Å². The minimum Gasteiger partial charge on any atom is -0.376 e. The second-order valence-electron chi connectivity index (χ2n) is 5.51. The van der Waals surface area contributed by atoms with Gasteiger partial charge >= 0.3 is 0 Å². The maximum Gasteiger partial charge on any atom is 0.232 e. The van der Waals surface area contributed by atoms with Crippen LogP contribution in [0.5, 0.6) is 0 Å². The lowest BCUT2D eigenvalue weighted by Crippen LogP contribution is -2.37. The molecule has 120 valence electrons. The SMILES string of the molecule is CCN(Cc1ccccc1)C(=O)CC(=O)NCC1CCCO1. The molecule has 5 heteroatoms. The molecule has 0 spiro atoms. The fourth-order valence-corrected chi connectivity index (χ4v) is 2.52. The molecule has 1 aromatic rings. The molecule has 1 aliphatic rings. The largest absolute Gasteiger partial charge is 0.376 e. The molecule has 0 radical (unpaired) electrons. The van der Waals surface area contributed by atoms with E-state index in [0.29, 0.717) is 19.6 Å². The van der Waals surface area contributed by atoms with Gasteiger partial charge in [0.2, 0.25) is 11.8 Å². The van der Waals surface area contributed by atoms with Gasteiger partial charge in [-0.05, 0) is 25.3 Å². The van der Waals surface area contributed by atoms with Crippen LogP contribution in [-0.4, -0.2) is 42.5 Å². The van der Waals surface area contributed by atoms with Gasteiger partial charge in [0.05, 0.1) is 6.10 Å². The third-order valence-corrected chi connectivity index (χ3v) is 3.81. The number of amides is 2. The topological polar surface area (TPSA) is 58.6 Å². The third kappa shape index (κ3) is 5.15. The molecule has 5 nitrogen and oxygen atoms in total. The molecule has 0 aromatic heterocycles. The fraction of sp³-hybridized carbons (Fsp3) is 0.529. The van der Waals surface area contributed by atoms with Crippen LogP contribution in [0.2, 0.25) is 0 Å². The predicted molar refractivity (Wildman–Crippen MR) is 84.1 cm³/mol. The van der Waals surface area contributed by atoms with Crippen molar-refractivity contribution in [1.29, 1.82) is 0 Å². The molecule has 0 bridgehead atoms. The van der Waals surface area contributed by atoms with Gasteiger partial charge in [-0.15, -0.1) is 0 Å². The lowest BCUT2D eigenvalue weighted by molar-refractivity contribution is -0.136. The van der Waals surface area contributed by atoms with Crippen molar-refractivity contribution in [3.63, 3.8) is 0 Å². The zero-order chi connectivity index (χ0) is 15.8. The number of carbonyl (C=O) groups excluding carboxylic acids is 2. The highest BCUT2D eigenvalue weighted by Crippen LogP contribution is 2.10. The summed E-state index contributed by atoms with van der Waals surface area (Å²) in [4.78, 5) is 25.8. The van der Waals surface area contributed by atoms with Gasteiger partial charge in [0.1, 0.15) is 6.42 Å². The first-order valence-corrected chi connectivity index (χ1v) is 7.89. The van der Waals surface area contributed by atoms with E-state index in [2.05, 4.69) is 5.32 Å². The van der Waals surface area contributed by atoms with Crippen molar-refractivity contribution in [3.8, 4) is 0 Å². The van der Waals surface area contributed by atoms with Crippen molar-refractivity contribution in [2.24, 2.45) is 0 Å². The van der Waals surface area contributed by atoms with Gasteiger partial charge in [-0.25, -0.2) is 0 Å². The zero-order valence-corrected chi connectivity index (χ0v) is 13.1. The van der Waals surface area contributed by atoms with E-state index in [1.54, 1.807) is 4.90 Å². The molecule has 2 amide bonds. The first kappa shape index (κ1) is 16.5. The number of hydrogen-bond donors (Lipinski definition) is 1. The molecule has 22 heavy (non-hydrogen) atoms. The van der Waals surface area contributed by atoms with Gasteiger partial charge < -0.3 is 15.0 Å². The summed E-state index contributed by atoms with van der Waals surface area (Å²) in [6, 6.07) is 9.80. The monoisotopic (exact) mass is 304 g/mol. The van der Waals surface area contributed by atoms with E-state index in [4.69, 9.17) is 4.74 Å². The zero-order valence-electron chi connectivity index (χ0n) is 13.1. The van der Waals surface area contributed by atoms with Crippen LogP contribution in [0.25, 0.3) is 0 Å². The Morgan fingerprint density at radius 3 is 2.73 bits per heavy atom. The summed E-state index contributed by atoms with van der Waals surface area (Å²) in [5.41, 5.74) is 1.07. The third-order valence-electron chi connectivity index (χ3n) is 3.81. The predicted octanol–water partition coefficient (Wildman–Crippen LogP) is 1.72. The Balaban J connectivity index is 1.77. The second kappa shape index (κ2) is 8.54. The Hall–Kier alpha value is -1.88. The van der Waals surface area contributed by atoms with Crippen molar-refractivity contribution in [2.75, 3.05) is 19.7 Å². The molecular weight excluding hydrogens is 280 g/mol. The number of ether oxygens (including phenoxy) is 1. The average molecular weight is 304 g/mol. The van der Waals surface area contributed by atoms with E-state index in [0.717, 1.165) is 25.0 Å². The summed E-state index contributed by atoms with van der Waals surface area (Å²) in [5.74, 6) is -0.372. The van der Waals surface area contributed by atoms with Crippen LogP contribution in [0, 0.1) is 0 Å². The first-order valence-electron chi connectivity index (χ1n) is 7.89. The number of carbonyl (C=O) groups is 2. The fourth-order valence-electron chi connectivity index (χ4n) is 2.52. The first-order chi connectivity index (χ1) is 10.7. The van der Waals surface area contributed by atoms with Gasteiger partial charge in [-0.2, -0.15) is 0 Å². The van der Waals surface area contributed by atoms with Gasteiger partial charge in [-0.1, -0.05) is 30.3 Å². The highest BCUT2D eigenvalue weighted by atomic mass is 16.5. The van der Waals surface area contributed by atoms with Gasteiger partial charge in [0.25, 0.3) is 0 Å². The summed E-state index contributed by atoms with van der Waals surface area (Å²) < 4.78 is 5.45. The van der Waals surface area contributed by atoms with Gasteiger partial charge in [0.15, 0.2) is 0 Å². The minimum absolute atomic E-state index is 0.102. The highest BCUT2D eigenvalue weighted by Gasteiger charge is 2.19. The Kier molecular flexibility index (Phi) is 6.40. The van der Waals surface area contributed by atoms with E-state index in [1.807, 2.05) is 37.3 Å². The molecule has 1 N–H and O–H groups in total. The van der Waals surface area contributed by atoms with Crippen LogP contribution in [-0.2, 0) is 20.9 Å². The smallest absolute Gasteiger partial charge is 0.232 e. The molecule has 1 aromatic carbocycles. The molecule has 1 unspecified atom stereocenters. The Labute approximate surface area is 131 Å². The molecular formula is C17H24N2O3. The molecule has 1 atom stereocenters. The van der Waals surface area contributed by atoms with Crippen LogP contribution in [0.3, 0.4) is 0 Å². The van der Waals surface area contributed by atoms with Crippen LogP contribution in [0.4, 0.5) is 0 Å². The lowest BCUT2D eigenvalue weighted by Gasteiger charge is -2.21. The summed E-state index contributed by atoms with van der Waals surface area (Å²) in [6.07, 6.45) is 2.02. The molecule has 0 saturated carbocycles. The Bertz CT molecular complexity index is 484. The number of nitrogens with zero attached hydrogens (tertiary/aromatic N) is 1. The molecule has 2 rings (SSSR count). The van der Waals surface area contributed by atoms with Crippen molar-refractivity contribution < 1.29 is 14.3 Å². The van der Waals surface area contributed by atoms with E-state index in [1.165, 1.54) is 0 Å². The number of hydrogen-bond acceptors (Lipinski definition) is 3. The quantitative estimate of drug-likeness (QED) is 0.780. The summed E-state index contributed by atoms with van der Waals surface area (Å²) in [7, 11) is 0. The van der Waals surface area contributed by atoms with E-state index < -0.39 is 0 Å². The van der Waals surface area contributed by atoms with Crippen LogP contribution in [0.15, 0.2) is 30.3 Å². The maximum absolute atomic E-state index is 12.2. The van der Waals surface area contributed by atoms with Crippen molar-refractivity contribution in [3.05, 3.63) is 35.9 Å². The number of benzene rings is 1. The molecule has 1 fully saturated rings. The highest BCUT2D eigenvalue weighted by molar-refractivity contribution is 5.96. The summed E-state index contributed by atoms with van der Waals surface area (Å²) in [5, 5.41) is 2.79. The maximum atomic E-state index is 12.2. The number of rotatable bonds is 7. The van der Waals surface area contributed by atoms with E-state index in [9.17, 15) is 9.59 Å². The lowest BCUT2D eigenvalue weighted by atomic mass is 10.2. The standard InChI is InChI=1S/C17H24N2O3/c1-2-19(13-14-7-4-3-5-8-14)17(21)11-16(20)18-12-15-9-6-10-22-15/h3-5,7-8,15H,2,6,9-13H2,1H3,(H,18,20). The molecule has 1 saturated heterocycles. The van der Waals surface area contributed by atoms with Crippen molar-refractivity contribution >= 4 is 11.8 Å². The Morgan fingerprint density at radius 1 is 1.32 bits per heavy atom. The molecule has 1 heterocycles.